The first-order valence-corrected chi connectivity index (χ1v) is 8.63. The van der Waals surface area contributed by atoms with Gasteiger partial charge < -0.3 is 14.1 Å². The third-order valence-corrected chi connectivity index (χ3v) is 4.87. The van der Waals surface area contributed by atoms with E-state index in [0.29, 0.717) is 18.6 Å². The van der Waals surface area contributed by atoms with Gasteiger partial charge in [0, 0.05) is 13.1 Å². The number of methoxy groups -OCH3 is 1. The number of nitrogens with zero attached hydrogens (tertiary/aromatic N) is 2. The number of carbonyl (C=O) groups excluding carboxylic acids is 2. The highest BCUT2D eigenvalue weighted by molar-refractivity contribution is 5.93. The van der Waals surface area contributed by atoms with E-state index in [1.54, 1.807) is 17.0 Å². The molecule has 4 rings (SSSR count). The fourth-order valence-corrected chi connectivity index (χ4v) is 3.40. The Balaban J connectivity index is 1.58. The summed E-state index contributed by atoms with van der Waals surface area (Å²) in [6.07, 6.45) is 0.797. The lowest BCUT2D eigenvalue weighted by molar-refractivity contribution is -0.132. The number of esters is 1. The highest BCUT2D eigenvalue weighted by Gasteiger charge is 2.22. The van der Waals surface area contributed by atoms with Crippen LogP contribution in [0.3, 0.4) is 0 Å². The Morgan fingerprint density at radius 2 is 1.93 bits per heavy atom. The van der Waals surface area contributed by atoms with Crippen molar-refractivity contribution in [2.24, 2.45) is 0 Å². The number of benzene rings is 2. The van der Waals surface area contributed by atoms with E-state index in [-0.39, 0.29) is 23.6 Å². The summed E-state index contributed by atoms with van der Waals surface area (Å²) < 4.78 is 11.2. The van der Waals surface area contributed by atoms with Crippen molar-refractivity contribution < 1.29 is 18.7 Å². The van der Waals surface area contributed by atoms with Crippen LogP contribution in [0.4, 0.5) is 0 Å². The van der Waals surface area contributed by atoms with Gasteiger partial charge in [-0.25, -0.2) is 9.59 Å². The van der Waals surface area contributed by atoms with Gasteiger partial charge in [-0.3, -0.25) is 9.36 Å². The van der Waals surface area contributed by atoms with Crippen molar-refractivity contribution in [3.8, 4) is 0 Å². The van der Waals surface area contributed by atoms with E-state index in [9.17, 15) is 14.4 Å². The maximum atomic E-state index is 12.7. The Morgan fingerprint density at radius 3 is 2.70 bits per heavy atom. The van der Waals surface area contributed by atoms with Gasteiger partial charge in [0.2, 0.25) is 5.91 Å². The average molecular weight is 366 g/mol. The van der Waals surface area contributed by atoms with Crippen molar-refractivity contribution in [3.63, 3.8) is 0 Å². The standard InChI is InChI=1S/C20H18N2O5/c1-26-19(24)14-6-7-16-17(10-14)27-20(25)22(16)12-18(23)21-9-8-13-4-2-3-5-15(13)11-21/h2-7,10H,8-9,11-12H2,1H3. The predicted molar refractivity (Wildman–Crippen MR) is 97.4 cm³/mol. The first kappa shape index (κ1) is 17.1. The predicted octanol–water partition coefficient (Wildman–Crippen LogP) is 1.97. The Bertz CT molecular complexity index is 1100. The summed E-state index contributed by atoms with van der Waals surface area (Å²) in [5.74, 6) is -1.29. The first-order chi connectivity index (χ1) is 13.1. The van der Waals surface area contributed by atoms with Gasteiger partial charge in [-0.2, -0.15) is 0 Å². The number of oxazole rings is 1. The molecule has 1 aliphatic heterocycles. The van der Waals surface area contributed by atoms with Crippen molar-refractivity contribution in [1.29, 1.82) is 0 Å². The molecule has 0 radical (unpaired) electrons. The van der Waals surface area contributed by atoms with E-state index in [4.69, 9.17) is 4.42 Å². The molecule has 7 heteroatoms. The van der Waals surface area contributed by atoms with E-state index in [1.807, 2.05) is 18.2 Å². The van der Waals surface area contributed by atoms with Crippen LogP contribution in [0, 0.1) is 0 Å². The van der Waals surface area contributed by atoms with E-state index < -0.39 is 11.7 Å². The van der Waals surface area contributed by atoms with Crippen LogP contribution in [0.5, 0.6) is 0 Å². The molecular formula is C20H18N2O5. The largest absolute Gasteiger partial charge is 0.465 e. The molecule has 0 aliphatic carbocycles. The molecule has 1 aromatic heterocycles. The third-order valence-electron chi connectivity index (χ3n) is 4.87. The van der Waals surface area contributed by atoms with Crippen LogP contribution in [0.2, 0.25) is 0 Å². The Labute approximate surface area is 154 Å². The summed E-state index contributed by atoms with van der Waals surface area (Å²) in [6, 6.07) is 12.6. The van der Waals surface area contributed by atoms with Crippen molar-refractivity contribution in [2.75, 3.05) is 13.7 Å². The van der Waals surface area contributed by atoms with Crippen LogP contribution in [-0.2, 0) is 29.0 Å². The van der Waals surface area contributed by atoms with Gasteiger partial charge in [0.05, 0.1) is 18.2 Å². The van der Waals surface area contributed by atoms with Crippen molar-refractivity contribution in [1.82, 2.24) is 9.47 Å². The first-order valence-electron chi connectivity index (χ1n) is 8.63. The van der Waals surface area contributed by atoms with E-state index in [0.717, 1.165) is 12.0 Å². The lowest BCUT2D eigenvalue weighted by atomic mass is 10.00. The number of rotatable bonds is 3. The highest BCUT2D eigenvalue weighted by atomic mass is 16.5. The number of ether oxygens (including phenoxy) is 1. The van der Waals surface area contributed by atoms with Crippen LogP contribution < -0.4 is 5.76 Å². The fraction of sp³-hybridized carbons (Fsp3) is 0.250. The van der Waals surface area contributed by atoms with Crippen LogP contribution >= 0.6 is 0 Å². The summed E-state index contributed by atoms with van der Waals surface area (Å²) in [6.45, 7) is 1.05. The summed E-state index contributed by atoms with van der Waals surface area (Å²) in [5.41, 5.74) is 3.38. The number of carbonyl (C=O) groups is 2. The lowest BCUT2D eigenvalue weighted by Crippen LogP contribution is -2.39. The molecule has 0 fully saturated rings. The molecule has 27 heavy (non-hydrogen) atoms. The normalized spacial score (nSPS) is 13.4. The minimum atomic E-state index is -0.627. The number of amides is 1. The van der Waals surface area contributed by atoms with Crippen LogP contribution in [-0.4, -0.2) is 35.0 Å². The second-order valence-corrected chi connectivity index (χ2v) is 6.46. The quantitative estimate of drug-likeness (QED) is 0.662. The minimum Gasteiger partial charge on any atom is -0.465 e. The zero-order chi connectivity index (χ0) is 19.0. The molecule has 0 spiro atoms. The molecule has 1 amide bonds. The molecule has 0 saturated carbocycles. The van der Waals surface area contributed by atoms with Crippen molar-refractivity contribution >= 4 is 23.0 Å². The SMILES string of the molecule is COC(=O)c1ccc2c(c1)oc(=O)n2CC(=O)N1CCc2ccccc2C1. The zero-order valence-electron chi connectivity index (χ0n) is 14.8. The van der Waals surface area contributed by atoms with E-state index in [2.05, 4.69) is 10.8 Å². The molecule has 2 aromatic carbocycles. The molecule has 0 bridgehead atoms. The zero-order valence-corrected chi connectivity index (χ0v) is 14.8. The van der Waals surface area contributed by atoms with Gasteiger partial charge >= 0.3 is 11.7 Å². The molecule has 0 unspecified atom stereocenters. The molecule has 138 valence electrons. The van der Waals surface area contributed by atoms with Gasteiger partial charge in [-0.1, -0.05) is 24.3 Å². The van der Waals surface area contributed by atoms with Crippen molar-refractivity contribution in [2.45, 2.75) is 19.5 Å². The fourth-order valence-electron chi connectivity index (χ4n) is 3.40. The van der Waals surface area contributed by atoms with Gasteiger partial charge in [0.25, 0.3) is 0 Å². The summed E-state index contributed by atoms with van der Waals surface area (Å²) in [5, 5.41) is 0. The summed E-state index contributed by atoms with van der Waals surface area (Å²) in [7, 11) is 1.28. The molecule has 3 aromatic rings. The maximum absolute atomic E-state index is 12.7. The van der Waals surface area contributed by atoms with Gasteiger partial charge in [-0.05, 0) is 35.7 Å². The van der Waals surface area contributed by atoms with Crippen LogP contribution in [0.15, 0.2) is 51.7 Å². The van der Waals surface area contributed by atoms with Crippen LogP contribution in [0.1, 0.15) is 21.5 Å². The maximum Gasteiger partial charge on any atom is 0.420 e. The molecule has 0 saturated heterocycles. The lowest BCUT2D eigenvalue weighted by Gasteiger charge is -2.28. The Kier molecular flexibility index (Phi) is 4.27. The highest BCUT2D eigenvalue weighted by Crippen LogP contribution is 2.20. The molecule has 0 atom stereocenters. The number of aromatic nitrogens is 1. The topological polar surface area (TPSA) is 81.7 Å². The van der Waals surface area contributed by atoms with Crippen molar-refractivity contribution in [3.05, 3.63) is 69.7 Å². The Morgan fingerprint density at radius 1 is 1.15 bits per heavy atom. The van der Waals surface area contributed by atoms with E-state index in [1.165, 1.54) is 23.3 Å². The number of fused-ring (bicyclic) bond motifs is 2. The second kappa shape index (κ2) is 6.75. The smallest absolute Gasteiger partial charge is 0.420 e. The molecule has 7 nitrogen and oxygen atoms in total. The van der Waals surface area contributed by atoms with Gasteiger partial charge in [-0.15, -0.1) is 0 Å². The minimum absolute atomic E-state index is 0.106. The molecule has 0 N–H and O–H groups in total. The summed E-state index contributed by atoms with van der Waals surface area (Å²) in [4.78, 5) is 38.3. The summed E-state index contributed by atoms with van der Waals surface area (Å²) >= 11 is 0. The van der Waals surface area contributed by atoms with Gasteiger partial charge in [0.15, 0.2) is 5.58 Å². The molecule has 2 heterocycles. The third kappa shape index (κ3) is 3.12. The Hall–Kier alpha value is -3.35. The second-order valence-electron chi connectivity index (χ2n) is 6.46. The van der Waals surface area contributed by atoms with Gasteiger partial charge in [0.1, 0.15) is 6.54 Å². The number of hydrogen-bond acceptors (Lipinski definition) is 5. The van der Waals surface area contributed by atoms with Crippen LogP contribution in [0.25, 0.3) is 11.1 Å². The average Bonchev–Trinajstić information content (AvgIpc) is 3.01. The number of hydrogen-bond donors (Lipinski definition) is 0. The molecular weight excluding hydrogens is 348 g/mol. The molecule has 1 aliphatic rings. The monoisotopic (exact) mass is 366 g/mol. The van der Waals surface area contributed by atoms with E-state index >= 15 is 0 Å².